The summed E-state index contributed by atoms with van der Waals surface area (Å²) >= 11 is 0. The van der Waals surface area contributed by atoms with E-state index < -0.39 is 15.9 Å². The van der Waals surface area contributed by atoms with Crippen LogP contribution in [-0.4, -0.2) is 37.9 Å². The van der Waals surface area contributed by atoms with Gasteiger partial charge in [-0.25, -0.2) is 13.8 Å². The van der Waals surface area contributed by atoms with Gasteiger partial charge < -0.3 is 0 Å². The molecule has 0 spiro atoms. The van der Waals surface area contributed by atoms with Crippen LogP contribution < -0.4 is 5.43 Å². The topological polar surface area (TPSA) is 78.8 Å². The van der Waals surface area contributed by atoms with Gasteiger partial charge >= 0.3 is 0 Å². The van der Waals surface area contributed by atoms with Crippen LogP contribution in [0.1, 0.15) is 16.7 Å². The van der Waals surface area contributed by atoms with Gasteiger partial charge in [0.15, 0.2) is 0 Å². The highest BCUT2D eigenvalue weighted by Crippen LogP contribution is 2.16. The average Bonchev–Trinajstić information content (AvgIpc) is 2.79. The van der Waals surface area contributed by atoms with Gasteiger partial charge in [-0.3, -0.25) is 4.79 Å². The van der Waals surface area contributed by atoms with Crippen molar-refractivity contribution in [2.45, 2.75) is 18.2 Å². The second-order valence-electron chi connectivity index (χ2n) is 7.09. The summed E-state index contributed by atoms with van der Waals surface area (Å²) in [6, 6.07) is 25.4. The number of sulfonamides is 1. The Labute approximate surface area is 183 Å². The van der Waals surface area contributed by atoms with Gasteiger partial charge in [0.05, 0.1) is 17.7 Å². The van der Waals surface area contributed by atoms with Crippen molar-refractivity contribution in [2.75, 3.05) is 13.1 Å². The number of benzene rings is 3. The highest BCUT2D eigenvalue weighted by molar-refractivity contribution is 7.89. The summed E-state index contributed by atoms with van der Waals surface area (Å²) in [5.41, 5.74) is 5.38. The fourth-order valence-corrected chi connectivity index (χ4v) is 4.37. The molecule has 1 amide bonds. The second kappa shape index (κ2) is 10.7. The van der Waals surface area contributed by atoms with Crippen molar-refractivity contribution in [2.24, 2.45) is 5.10 Å². The number of nitrogens with one attached hydrogen (secondary N) is 1. The molecule has 3 rings (SSSR count). The molecule has 0 radical (unpaired) electrons. The van der Waals surface area contributed by atoms with Gasteiger partial charge in [-0.1, -0.05) is 78.4 Å². The summed E-state index contributed by atoms with van der Waals surface area (Å²) < 4.78 is 27.4. The maximum absolute atomic E-state index is 13.1. The molecule has 0 aliphatic rings. The van der Waals surface area contributed by atoms with Crippen LogP contribution in [0.4, 0.5) is 0 Å². The van der Waals surface area contributed by atoms with E-state index in [1.807, 2.05) is 61.5 Å². The van der Waals surface area contributed by atoms with Gasteiger partial charge in [0.25, 0.3) is 5.91 Å². The summed E-state index contributed by atoms with van der Waals surface area (Å²) in [4.78, 5) is 12.6. The normalized spacial score (nSPS) is 11.7. The number of rotatable bonds is 9. The van der Waals surface area contributed by atoms with Crippen molar-refractivity contribution in [1.82, 2.24) is 9.73 Å². The van der Waals surface area contributed by atoms with E-state index >= 15 is 0 Å². The molecule has 1 N–H and O–H groups in total. The predicted octanol–water partition coefficient (Wildman–Crippen LogP) is 3.38. The van der Waals surface area contributed by atoms with Crippen molar-refractivity contribution in [3.63, 3.8) is 0 Å². The van der Waals surface area contributed by atoms with Crippen molar-refractivity contribution in [3.05, 3.63) is 102 Å². The summed E-state index contributed by atoms with van der Waals surface area (Å²) in [6.07, 6.45) is 2.02. The Balaban J connectivity index is 1.70. The third-order valence-electron chi connectivity index (χ3n) is 4.67. The molecule has 3 aromatic carbocycles. The molecular weight excluding hydrogens is 410 g/mol. The Morgan fingerprint density at radius 2 is 1.55 bits per heavy atom. The molecule has 31 heavy (non-hydrogen) atoms. The number of amides is 1. The van der Waals surface area contributed by atoms with Gasteiger partial charge in [0.2, 0.25) is 10.0 Å². The van der Waals surface area contributed by atoms with Gasteiger partial charge in [-0.2, -0.15) is 9.41 Å². The number of carbonyl (C=O) groups is 1. The highest BCUT2D eigenvalue weighted by atomic mass is 32.2. The maximum Gasteiger partial charge on any atom is 0.255 e. The fraction of sp³-hybridized carbons (Fsp3) is 0.167. The Bertz CT molecular complexity index is 1110. The number of aryl methyl sites for hydroxylation is 1. The van der Waals surface area contributed by atoms with E-state index in [-0.39, 0.29) is 18.0 Å². The molecule has 7 heteroatoms. The minimum atomic E-state index is -3.83. The van der Waals surface area contributed by atoms with E-state index in [9.17, 15) is 13.2 Å². The number of carbonyl (C=O) groups excluding carboxylic acids is 1. The molecule has 3 aromatic rings. The molecule has 0 saturated carbocycles. The van der Waals surface area contributed by atoms with Crippen LogP contribution in [0.5, 0.6) is 0 Å². The minimum Gasteiger partial charge on any atom is -0.272 e. The predicted molar refractivity (Wildman–Crippen MR) is 122 cm³/mol. The summed E-state index contributed by atoms with van der Waals surface area (Å²) in [5, 5.41) is 3.95. The van der Waals surface area contributed by atoms with Gasteiger partial charge in [0.1, 0.15) is 0 Å². The molecule has 160 valence electrons. The van der Waals surface area contributed by atoms with Crippen LogP contribution in [0.2, 0.25) is 0 Å². The molecular formula is C24H25N3O3S. The number of hydrogen-bond donors (Lipinski definition) is 1. The summed E-state index contributed by atoms with van der Waals surface area (Å²) in [7, 11) is -3.83. The zero-order valence-electron chi connectivity index (χ0n) is 17.3. The zero-order chi connectivity index (χ0) is 22.1. The molecule has 0 fully saturated rings. The van der Waals surface area contributed by atoms with Crippen LogP contribution >= 0.6 is 0 Å². The molecule has 0 aromatic heterocycles. The third kappa shape index (κ3) is 6.60. The quantitative estimate of drug-likeness (QED) is 0.413. The molecule has 0 unspecified atom stereocenters. The van der Waals surface area contributed by atoms with E-state index in [1.54, 1.807) is 18.2 Å². The first kappa shape index (κ1) is 22.4. The highest BCUT2D eigenvalue weighted by Gasteiger charge is 2.26. The average molecular weight is 436 g/mol. The molecule has 0 aliphatic carbocycles. The lowest BCUT2D eigenvalue weighted by molar-refractivity contribution is -0.121. The van der Waals surface area contributed by atoms with E-state index in [1.165, 1.54) is 22.7 Å². The molecule has 0 bridgehead atoms. The Morgan fingerprint density at radius 1 is 0.935 bits per heavy atom. The number of hydrazone groups is 1. The first-order valence-electron chi connectivity index (χ1n) is 9.93. The number of hydrogen-bond acceptors (Lipinski definition) is 4. The van der Waals surface area contributed by atoms with E-state index in [0.29, 0.717) is 6.42 Å². The molecule has 0 atom stereocenters. The molecule has 6 nitrogen and oxygen atoms in total. The molecule has 0 saturated heterocycles. The Morgan fingerprint density at radius 3 is 2.19 bits per heavy atom. The Kier molecular flexibility index (Phi) is 7.70. The van der Waals surface area contributed by atoms with Crippen molar-refractivity contribution in [1.29, 1.82) is 0 Å². The van der Waals surface area contributed by atoms with Crippen LogP contribution in [0.3, 0.4) is 0 Å². The first-order valence-corrected chi connectivity index (χ1v) is 11.4. The lowest BCUT2D eigenvalue weighted by atomic mass is 10.1. The molecule has 0 aliphatic heterocycles. The lowest BCUT2D eigenvalue weighted by Gasteiger charge is -2.21. The van der Waals surface area contributed by atoms with Gasteiger partial charge in [0, 0.05) is 6.54 Å². The van der Waals surface area contributed by atoms with E-state index in [2.05, 4.69) is 10.5 Å². The van der Waals surface area contributed by atoms with Crippen molar-refractivity contribution in [3.8, 4) is 0 Å². The second-order valence-corrected chi connectivity index (χ2v) is 9.03. The summed E-state index contributed by atoms with van der Waals surface area (Å²) in [5.74, 6) is -0.504. The largest absolute Gasteiger partial charge is 0.272 e. The minimum absolute atomic E-state index is 0.152. The molecule has 0 heterocycles. The number of nitrogens with zero attached hydrogens (tertiary/aromatic N) is 2. The van der Waals surface area contributed by atoms with Crippen LogP contribution in [-0.2, 0) is 21.2 Å². The van der Waals surface area contributed by atoms with E-state index in [0.717, 1.165) is 16.7 Å². The van der Waals surface area contributed by atoms with Crippen LogP contribution in [0, 0.1) is 6.92 Å². The first-order chi connectivity index (χ1) is 14.9. The zero-order valence-corrected chi connectivity index (χ0v) is 18.1. The smallest absolute Gasteiger partial charge is 0.255 e. The van der Waals surface area contributed by atoms with E-state index in [4.69, 9.17) is 0 Å². The third-order valence-corrected chi connectivity index (χ3v) is 6.53. The monoisotopic (exact) mass is 435 g/mol. The lowest BCUT2D eigenvalue weighted by Crippen LogP contribution is -2.40. The van der Waals surface area contributed by atoms with Gasteiger partial charge in [-0.05, 0) is 36.6 Å². The van der Waals surface area contributed by atoms with Gasteiger partial charge in [-0.15, -0.1) is 0 Å². The summed E-state index contributed by atoms with van der Waals surface area (Å²) in [6.45, 7) is 1.84. The van der Waals surface area contributed by atoms with Crippen LogP contribution in [0.25, 0.3) is 0 Å². The maximum atomic E-state index is 13.1. The van der Waals surface area contributed by atoms with Crippen molar-refractivity contribution < 1.29 is 13.2 Å². The van der Waals surface area contributed by atoms with Crippen molar-refractivity contribution >= 4 is 22.1 Å². The Hall–Kier alpha value is -3.29. The van der Waals surface area contributed by atoms with Crippen LogP contribution in [0.15, 0.2) is 94.9 Å². The fourth-order valence-electron chi connectivity index (χ4n) is 2.95. The standard InChI is InChI=1S/C24H25N3O3S/c1-20-12-14-22(15-13-20)18-25-26-24(28)19-27(17-16-21-8-4-2-5-9-21)31(29,30)23-10-6-3-7-11-23/h2-15,18H,16-17,19H2,1H3,(H,26,28)/b25-18+. The SMILES string of the molecule is Cc1ccc(/C=N/NC(=O)CN(CCc2ccccc2)S(=O)(=O)c2ccccc2)cc1.